The monoisotopic (exact) mass is 241 g/mol. The van der Waals surface area contributed by atoms with E-state index >= 15 is 0 Å². The van der Waals surface area contributed by atoms with E-state index in [9.17, 15) is 17.2 Å². The maximum absolute atomic E-state index is 12.8. The molecule has 0 amide bonds. The predicted molar refractivity (Wildman–Crippen MR) is 54.7 cm³/mol. The molecule has 1 saturated carbocycles. The van der Waals surface area contributed by atoms with Crippen LogP contribution in [0.3, 0.4) is 0 Å². The molecular weight excluding hydrogens is 224 g/mol. The summed E-state index contributed by atoms with van der Waals surface area (Å²) in [5, 5.41) is 0. The molecule has 1 aliphatic carbocycles. The average molecular weight is 241 g/mol. The first-order chi connectivity index (χ1) is 6.62. The zero-order valence-corrected chi connectivity index (χ0v) is 9.62. The molecule has 0 unspecified atom stereocenters. The summed E-state index contributed by atoms with van der Waals surface area (Å²) in [6.45, 7) is 0. The number of nitrogens with two attached hydrogens (primary N) is 1. The molecule has 0 spiro atoms. The van der Waals surface area contributed by atoms with E-state index in [1.165, 1.54) is 0 Å². The third-order valence-electron chi connectivity index (χ3n) is 2.95. The fraction of sp³-hybridized carbons (Fsp3) is 1.00. The summed E-state index contributed by atoms with van der Waals surface area (Å²) in [6.07, 6.45) is 1.36. The van der Waals surface area contributed by atoms with Crippen LogP contribution in [0.25, 0.3) is 0 Å². The van der Waals surface area contributed by atoms with E-state index in [2.05, 4.69) is 0 Å². The van der Waals surface area contributed by atoms with Crippen LogP contribution in [-0.4, -0.2) is 31.9 Å². The molecule has 3 nitrogen and oxygen atoms in total. The summed E-state index contributed by atoms with van der Waals surface area (Å²) < 4.78 is 47.6. The second-order valence-corrected chi connectivity index (χ2v) is 6.86. The molecule has 0 bridgehead atoms. The van der Waals surface area contributed by atoms with Gasteiger partial charge in [-0.05, 0) is 19.3 Å². The molecule has 0 heterocycles. The molecule has 6 heteroatoms. The fourth-order valence-electron chi connectivity index (χ4n) is 1.75. The quantitative estimate of drug-likeness (QED) is 0.810. The van der Waals surface area contributed by atoms with Crippen molar-refractivity contribution < 1.29 is 17.2 Å². The lowest BCUT2D eigenvalue weighted by molar-refractivity contribution is -0.0508. The van der Waals surface area contributed by atoms with Crippen LogP contribution in [0.15, 0.2) is 0 Å². The van der Waals surface area contributed by atoms with Crippen LogP contribution in [0.1, 0.15) is 32.1 Å². The molecule has 90 valence electrons. The molecule has 0 atom stereocenters. The fourth-order valence-corrected chi connectivity index (χ4v) is 2.53. The molecule has 1 fully saturated rings. The highest BCUT2D eigenvalue weighted by molar-refractivity contribution is 7.90. The minimum Gasteiger partial charge on any atom is -0.325 e. The number of alkyl halides is 2. The van der Waals surface area contributed by atoms with Crippen LogP contribution in [0.4, 0.5) is 8.78 Å². The molecule has 1 aliphatic rings. The Morgan fingerprint density at radius 3 is 2.07 bits per heavy atom. The van der Waals surface area contributed by atoms with Gasteiger partial charge in [0.2, 0.25) is 5.92 Å². The number of sulfone groups is 1. The van der Waals surface area contributed by atoms with Gasteiger partial charge in [0, 0.05) is 24.6 Å². The van der Waals surface area contributed by atoms with Gasteiger partial charge in [-0.2, -0.15) is 0 Å². The largest absolute Gasteiger partial charge is 0.325 e. The van der Waals surface area contributed by atoms with E-state index in [0.29, 0.717) is 0 Å². The van der Waals surface area contributed by atoms with Gasteiger partial charge in [0.25, 0.3) is 0 Å². The summed E-state index contributed by atoms with van der Waals surface area (Å²) in [5.41, 5.74) is 5.17. The molecule has 0 aromatic heterocycles. The first kappa shape index (κ1) is 12.8. The number of rotatable bonds is 3. The second-order valence-electron chi connectivity index (χ2n) is 4.60. The highest BCUT2D eigenvalue weighted by Crippen LogP contribution is 2.38. The van der Waals surface area contributed by atoms with E-state index < -0.39 is 21.3 Å². The molecule has 0 radical (unpaired) electrons. The average Bonchev–Trinajstić information content (AvgIpc) is 2.07. The minimum atomic E-state index is -3.06. The van der Waals surface area contributed by atoms with Crippen LogP contribution in [0.5, 0.6) is 0 Å². The lowest BCUT2D eigenvalue weighted by Gasteiger charge is -2.36. The first-order valence-corrected chi connectivity index (χ1v) is 7.03. The van der Waals surface area contributed by atoms with Gasteiger partial charge in [-0.15, -0.1) is 0 Å². The standard InChI is InChI=1S/C9H17F2NO2S/c1-15(13,14)7-6-8(12)2-4-9(10,11)5-3-8/h2-7,12H2,1H3. The van der Waals surface area contributed by atoms with Gasteiger partial charge in [-0.3, -0.25) is 0 Å². The topological polar surface area (TPSA) is 60.2 Å². The number of hydrogen-bond acceptors (Lipinski definition) is 3. The maximum Gasteiger partial charge on any atom is 0.248 e. The molecule has 15 heavy (non-hydrogen) atoms. The van der Waals surface area contributed by atoms with Crippen LogP contribution in [-0.2, 0) is 9.84 Å². The minimum absolute atomic E-state index is 0.0188. The molecule has 1 rings (SSSR count). The van der Waals surface area contributed by atoms with Crippen LogP contribution >= 0.6 is 0 Å². The van der Waals surface area contributed by atoms with Crippen molar-refractivity contribution in [3.05, 3.63) is 0 Å². The molecular formula is C9H17F2NO2S. The van der Waals surface area contributed by atoms with Crippen molar-refractivity contribution in [2.75, 3.05) is 12.0 Å². The zero-order chi connectivity index (χ0) is 11.7. The van der Waals surface area contributed by atoms with Gasteiger partial charge in [0.15, 0.2) is 0 Å². The highest BCUT2D eigenvalue weighted by atomic mass is 32.2. The van der Waals surface area contributed by atoms with E-state index in [-0.39, 0.29) is 37.9 Å². The Morgan fingerprint density at radius 1 is 1.20 bits per heavy atom. The van der Waals surface area contributed by atoms with Crippen LogP contribution < -0.4 is 5.73 Å². The van der Waals surface area contributed by atoms with E-state index in [1.54, 1.807) is 0 Å². The molecule has 0 aromatic carbocycles. The van der Waals surface area contributed by atoms with Crippen molar-refractivity contribution in [3.63, 3.8) is 0 Å². The maximum atomic E-state index is 12.8. The summed E-state index contributed by atoms with van der Waals surface area (Å²) >= 11 is 0. The molecule has 2 N–H and O–H groups in total. The van der Waals surface area contributed by atoms with Crippen molar-refractivity contribution in [1.29, 1.82) is 0 Å². The Morgan fingerprint density at radius 2 is 1.67 bits per heavy atom. The van der Waals surface area contributed by atoms with Gasteiger partial charge < -0.3 is 5.73 Å². The lowest BCUT2D eigenvalue weighted by Crippen LogP contribution is -2.47. The summed E-state index contributed by atoms with van der Waals surface area (Å²) in [6, 6.07) is 0. The summed E-state index contributed by atoms with van der Waals surface area (Å²) in [7, 11) is -3.06. The van der Waals surface area contributed by atoms with Gasteiger partial charge in [-0.25, -0.2) is 17.2 Å². The van der Waals surface area contributed by atoms with Gasteiger partial charge in [0.1, 0.15) is 9.84 Å². The van der Waals surface area contributed by atoms with Crippen molar-refractivity contribution in [2.24, 2.45) is 5.73 Å². The van der Waals surface area contributed by atoms with Crippen molar-refractivity contribution >= 4 is 9.84 Å². The Labute approximate surface area is 88.9 Å². The summed E-state index contributed by atoms with van der Waals surface area (Å²) in [4.78, 5) is 0. The van der Waals surface area contributed by atoms with Gasteiger partial charge in [0.05, 0.1) is 5.75 Å². The van der Waals surface area contributed by atoms with E-state index in [0.717, 1.165) is 6.26 Å². The van der Waals surface area contributed by atoms with Gasteiger partial charge in [-0.1, -0.05) is 0 Å². The first-order valence-electron chi connectivity index (χ1n) is 4.96. The molecule has 0 aromatic rings. The molecule has 0 aliphatic heterocycles. The number of halogens is 2. The van der Waals surface area contributed by atoms with Crippen molar-refractivity contribution in [1.82, 2.24) is 0 Å². The normalized spacial score (nSPS) is 25.1. The predicted octanol–water partition coefficient (Wildman–Crippen LogP) is 1.33. The third kappa shape index (κ3) is 4.42. The Bertz CT molecular complexity index is 317. The Balaban J connectivity index is 2.49. The van der Waals surface area contributed by atoms with Crippen LogP contribution in [0, 0.1) is 0 Å². The van der Waals surface area contributed by atoms with Crippen molar-refractivity contribution in [2.45, 2.75) is 43.6 Å². The van der Waals surface area contributed by atoms with E-state index in [1.807, 2.05) is 0 Å². The number of hydrogen-bond donors (Lipinski definition) is 1. The lowest BCUT2D eigenvalue weighted by atomic mass is 9.79. The zero-order valence-electron chi connectivity index (χ0n) is 8.80. The third-order valence-corrected chi connectivity index (χ3v) is 3.89. The Kier molecular flexibility index (Phi) is 3.40. The Hall–Kier alpha value is -0.230. The molecule has 0 saturated heterocycles. The highest BCUT2D eigenvalue weighted by Gasteiger charge is 2.41. The second kappa shape index (κ2) is 3.97. The van der Waals surface area contributed by atoms with E-state index in [4.69, 9.17) is 5.73 Å². The van der Waals surface area contributed by atoms with Gasteiger partial charge >= 0.3 is 0 Å². The summed E-state index contributed by atoms with van der Waals surface area (Å²) in [5.74, 6) is -2.64. The smallest absolute Gasteiger partial charge is 0.248 e. The van der Waals surface area contributed by atoms with Crippen LogP contribution in [0.2, 0.25) is 0 Å². The van der Waals surface area contributed by atoms with Crippen molar-refractivity contribution in [3.8, 4) is 0 Å². The SMILES string of the molecule is CS(=O)(=O)CCC1(N)CCC(F)(F)CC1.